The van der Waals surface area contributed by atoms with Gasteiger partial charge in [-0.05, 0) is 24.5 Å². The summed E-state index contributed by atoms with van der Waals surface area (Å²) in [6.45, 7) is 0.887. The van der Waals surface area contributed by atoms with Gasteiger partial charge in [0.2, 0.25) is 0 Å². The summed E-state index contributed by atoms with van der Waals surface area (Å²) >= 11 is 6.67. The molecule has 9 heteroatoms. The van der Waals surface area contributed by atoms with E-state index in [1.54, 1.807) is 4.90 Å². The molecule has 4 N–H and O–H groups in total. The molecule has 5 rings (SSSR count). The maximum Gasteiger partial charge on any atom is 0.350 e. The van der Waals surface area contributed by atoms with Crippen LogP contribution in [0.2, 0.25) is 5.02 Å². The average Bonchev–Trinajstić information content (AvgIpc) is 3.50. The quantitative estimate of drug-likeness (QED) is 0.620. The van der Waals surface area contributed by atoms with Crippen molar-refractivity contribution in [2.45, 2.75) is 30.8 Å². The number of fused-ring (bicyclic) bond motifs is 1. The van der Waals surface area contributed by atoms with Gasteiger partial charge in [-0.15, -0.1) is 0 Å². The van der Waals surface area contributed by atoms with E-state index in [1.807, 2.05) is 30.3 Å². The molecule has 1 aliphatic heterocycles. The molecule has 1 saturated heterocycles. The van der Waals surface area contributed by atoms with Gasteiger partial charge in [-0.25, -0.2) is 9.18 Å². The standard InChI is InChI=1S/C21H21ClFN5O2/c22-17-18-13(20(29)28(25)21(30)27(18)12-6-7-12)8-15(23)19(17)26-9-14(16(24)10-26)11-4-2-1-3-5-11/h1-5,8,12,14,16H,6-7,9-10,24-25H2. The van der Waals surface area contributed by atoms with Crippen LogP contribution in [0.5, 0.6) is 0 Å². The van der Waals surface area contributed by atoms with Crippen LogP contribution in [0.15, 0.2) is 46.0 Å². The fourth-order valence-electron chi connectivity index (χ4n) is 4.45. The fraction of sp³-hybridized carbons (Fsp3) is 0.333. The molecule has 0 bridgehead atoms. The van der Waals surface area contributed by atoms with Crippen molar-refractivity contribution in [1.82, 2.24) is 9.24 Å². The third-order valence-electron chi connectivity index (χ3n) is 6.09. The Hall–Kier alpha value is -2.84. The Morgan fingerprint density at radius 1 is 1.10 bits per heavy atom. The summed E-state index contributed by atoms with van der Waals surface area (Å²) in [5.41, 5.74) is 6.45. The topological polar surface area (TPSA) is 99.3 Å². The van der Waals surface area contributed by atoms with Crippen LogP contribution in [0.25, 0.3) is 10.9 Å². The van der Waals surface area contributed by atoms with Crippen molar-refractivity contribution in [3.8, 4) is 0 Å². The SMILES string of the molecule is NC1CN(c2c(F)cc3c(=O)n(N)c(=O)n(C4CC4)c3c2Cl)CC1c1ccccc1. The molecule has 2 atom stereocenters. The van der Waals surface area contributed by atoms with Crippen LogP contribution in [0, 0.1) is 5.82 Å². The maximum absolute atomic E-state index is 15.2. The van der Waals surface area contributed by atoms with Crippen molar-refractivity contribution in [2.24, 2.45) is 5.73 Å². The van der Waals surface area contributed by atoms with Gasteiger partial charge in [-0.3, -0.25) is 9.36 Å². The number of rotatable bonds is 3. The lowest BCUT2D eigenvalue weighted by Gasteiger charge is -2.23. The zero-order valence-corrected chi connectivity index (χ0v) is 16.8. The zero-order chi connectivity index (χ0) is 21.2. The summed E-state index contributed by atoms with van der Waals surface area (Å²) < 4.78 is 17.2. The van der Waals surface area contributed by atoms with Crippen LogP contribution >= 0.6 is 11.6 Å². The Morgan fingerprint density at radius 3 is 2.47 bits per heavy atom. The van der Waals surface area contributed by atoms with Gasteiger partial charge in [0, 0.05) is 31.1 Å². The molecule has 30 heavy (non-hydrogen) atoms. The lowest BCUT2D eigenvalue weighted by atomic mass is 9.95. The largest absolute Gasteiger partial charge is 0.366 e. The molecule has 1 aromatic heterocycles. The number of benzene rings is 2. The van der Waals surface area contributed by atoms with E-state index in [0.717, 1.165) is 24.5 Å². The highest BCUT2D eigenvalue weighted by Gasteiger charge is 2.36. The summed E-state index contributed by atoms with van der Waals surface area (Å²) in [5, 5.41) is 0.0472. The summed E-state index contributed by atoms with van der Waals surface area (Å²) in [6.07, 6.45) is 1.56. The predicted octanol–water partition coefficient (Wildman–Crippen LogP) is 1.94. The Balaban J connectivity index is 1.68. The Morgan fingerprint density at radius 2 is 1.80 bits per heavy atom. The molecule has 2 heterocycles. The highest BCUT2D eigenvalue weighted by atomic mass is 35.5. The van der Waals surface area contributed by atoms with Crippen molar-refractivity contribution in [3.63, 3.8) is 0 Å². The van der Waals surface area contributed by atoms with E-state index in [-0.39, 0.29) is 39.6 Å². The number of aromatic nitrogens is 2. The van der Waals surface area contributed by atoms with Crippen LogP contribution in [0.4, 0.5) is 10.1 Å². The summed E-state index contributed by atoms with van der Waals surface area (Å²) in [5.74, 6) is 5.03. The molecule has 1 aliphatic carbocycles. The number of nitrogens with two attached hydrogens (primary N) is 2. The van der Waals surface area contributed by atoms with Crippen LogP contribution in [-0.2, 0) is 0 Å². The van der Waals surface area contributed by atoms with Gasteiger partial charge < -0.3 is 16.5 Å². The number of hydrogen-bond acceptors (Lipinski definition) is 5. The van der Waals surface area contributed by atoms with Gasteiger partial charge in [0.1, 0.15) is 5.82 Å². The van der Waals surface area contributed by atoms with Gasteiger partial charge in [0.25, 0.3) is 5.56 Å². The molecule has 0 radical (unpaired) electrons. The summed E-state index contributed by atoms with van der Waals surface area (Å²) in [7, 11) is 0. The van der Waals surface area contributed by atoms with E-state index in [0.29, 0.717) is 17.8 Å². The molecule has 1 saturated carbocycles. The van der Waals surface area contributed by atoms with Gasteiger partial charge in [-0.1, -0.05) is 41.9 Å². The summed E-state index contributed by atoms with van der Waals surface area (Å²) in [6, 6.07) is 10.7. The van der Waals surface area contributed by atoms with Gasteiger partial charge in [0.15, 0.2) is 0 Å². The van der Waals surface area contributed by atoms with Gasteiger partial charge >= 0.3 is 5.69 Å². The molecule has 2 unspecified atom stereocenters. The zero-order valence-electron chi connectivity index (χ0n) is 16.1. The van der Waals surface area contributed by atoms with Crippen LogP contribution in [0.1, 0.15) is 30.4 Å². The Labute approximate surface area is 176 Å². The second-order valence-electron chi connectivity index (χ2n) is 8.06. The first-order valence-corrected chi connectivity index (χ1v) is 10.3. The van der Waals surface area contributed by atoms with E-state index in [2.05, 4.69) is 0 Å². The van der Waals surface area contributed by atoms with Crippen LogP contribution in [0.3, 0.4) is 0 Å². The molecule has 0 amide bonds. The molecule has 2 aliphatic rings. The Bertz CT molecular complexity index is 1270. The minimum atomic E-state index is -0.764. The molecule has 3 aromatic rings. The molecular weight excluding hydrogens is 409 g/mol. The van der Waals surface area contributed by atoms with E-state index in [4.69, 9.17) is 23.2 Å². The number of hydrogen-bond donors (Lipinski definition) is 2. The lowest BCUT2D eigenvalue weighted by Crippen LogP contribution is -2.44. The number of halogens is 2. The van der Waals surface area contributed by atoms with Crippen molar-refractivity contribution in [1.29, 1.82) is 0 Å². The molecule has 0 spiro atoms. The predicted molar refractivity (Wildman–Crippen MR) is 115 cm³/mol. The van der Waals surface area contributed by atoms with Gasteiger partial charge in [0.05, 0.1) is 21.6 Å². The van der Waals surface area contributed by atoms with Crippen LogP contribution < -0.4 is 27.7 Å². The number of anilines is 1. The first kappa shape index (κ1) is 19.1. The third kappa shape index (κ3) is 2.82. The first-order valence-electron chi connectivity index (χ1n) is 9.88. The Kier molecular flexibility index (Phi) is 4.37. The fourth-order valence-corrected chi connectivity index (χ4v) is 4.85. The van der Waals surface area contributed by atoms with Crippen molar-refractivity contribution >= 4 is 28.2 Å². The first-order chi connectivity index (χ1) is 14.4. The van der Waals surface area contributed by atoms with Crippen molar-refractivity contribution in [3.05, 3.63) is 73.6 Å². The smallest absolute Gasteiger partial charge is 0.350 e. The molecule has 2 aromatic carbocycles. The molecule has 2 fully saturated rings. The second-order valence-corrected chi connectivity index (χ2v) is 8.44. The van der Waals surface area contributed by atoms with Gasteiger partial charge in [-0.2, -0.15) is 4.68 Å². The molecule has 7 nitrogen and oxygen atoms in total. The average molecular weight is 430 g/mol. The van der Waals surface area contributed by atoms with E-state index < -0.39 is 17.1 Å². The van der Waals surface area contributed by atoms with E-state index in [9.17, 15) is 9.59 Å². The highest BCUT2D eigenvalue weighted by molar-refractivity contribution is 6.38. The van der Waals surface area contributed by atoms with Crippen molar-refractivity contribution in [2.75, 3.05) is 23.8 Å². The number of nitrogens with zero attached hydrogens (tertiary/aromatic N) is 3. The lowest BCUT2D eigenvalue weighted by molar-refractivity contribution is 0.620. The number of nitrogen functional groups attached to an aromatic ring is 1. The monoisotopic (exact) mass is 429 g/mol. The van der Waals surface area contributed by atoms with Crippen molar-refractivity contribution < 1.29 is 4.39 Å². The maximum atomic E-state index is 15.2. The minimum Gasteiger partial charge on any atom is -0.366 e. The molecular formula is C21H21ClFN5O2. The summed E-state index contributed by atoms with van der Waals surface area (Å²) in [4.78, 5) is 27.0. The minimum absolute atomic E-state index is 0.00152. The highest BCUT2D eigenvalue weighted by Crippen LogP contribution is 2.42. The van der Waals surface area contributed by atoms with E-state index >= 15 is 4.39 Å². The van der Waals surface area contributed by atoms with E-state index in [1.165, 1.54) is 4.57 Å². The van der Waals surface area contributed by atoms with Crippen LogP contribution in [-0.4, -0.2) is 28.4 Å². The molecule has 156 valence electrons. The third-order valence-corrected chi connectivity index (χ3v) is 6.45. The second kappa shape index (κ2) is 6.85. The normalized spacial score (nSPS) is 21.5.